The van der Waals surface area contributed by atoms with Gasteiger partial charge in [-0.1, -0.05) is 12.8 Å². The molecule has 104 valence electrons. The van der Waals surface area contributed by atoms with Gasteiger partial charge in [-0.25, -0.2) is 18.1 Å². The highest BCUT2D eigenvalue weighted by Gasteiger charge is 2.28. The van der Waals surface area contributed by atoms with E-state index in [1.54, 1.807) is 0 Å². The molecule has 1 atom stereocenters. The van der Waals surface area contributed by atoms with Gasteiger partial charge in [0.15, 0.2) is 5.03 Å². The lowest BCUT2D eigenvalue weighted by Crippen LogP contribution is -2.44. The maximum Gasteiger partial charge on any atom is 0.257 e. The van der Waals surface area contributed by atoms with Crippen molar-refractivity contribution in [2.24, 2.45) is 11.7 Å². The largest absolute Gasteiger partial charge is 0.335 e. The van der Waals surface area contributed by atoms with Crippen molar-refractivity contribution in [1.29, 1.82) is 0 Å². The number of nitrogens with zero attached hydrogens (tertiary/aromatic N) is 1. The van der Waals surface area contributed by atoms with Gasteiger partial charge >= 0.3 is 0 Å². The third-order valence-corrected chi connectivity index (χ3v) is 4.71. The fourth-order valence-electron chi connectivity index (χ4n) is 2.35. The van der Waals surface area contributed by atoms with Crippen LogP contribution in [0.25, 0.3) is 0 Å². The standard InChI is InChI=1S/C10H18N4O2S.ClH/c11-5-9(8-3-1-2-4-8)14-17(15,16)10-6-12-7-13-10;/h6-9,14H,1-5,11H2,(H,12,13);1H. The van der Waals surface area contributed by atoms with Crippen LogP contribution in [0, 0.1) is 5.92 Å². The van der Waals surface area contributed by atoms with Crippen molar-refractivity contribution >= 4 is 22.4 Å². The average molecular weight is 295 g/mol. The number of nitrogens with two attached hydrogens (primary N) is 1. The van der Waals surface area contributed by atoms with Crippen LogP contribution in [0.4, 0.5) is 0 Å². The van der Waals surface area contributed by atoms with Gasteiger partial charge in [-0.05, 0) is 18.8 Å². The molecule has 1 aliphatic rings. The Morgan fingerprint density at radius 1 is 1.50 bits per heavy atom. The highest BCUT2D eigenvalue weighted by atomic mass is 35.5. The number of H-pyrrole nitrogens is 1. The van der Waals surface area contributed by atoms with Crippen molar-refractivity contribution in [3.05, 3.63) is 12.5 Å². The zero-order valence-corrected chi connectivity index (χ0v) is 11.6. The summed E-state index contributed by atoms with van der Waals surface area (Å²) < 4.78 is 26.6. The van der Waals surface area contributed by atoms with E-state index >= 15 is 0 Å². The summed E-state index contributed by atoms with van der Waals surface area (Å²) in [5.41, 5.74) is 5.66. The number of halogens is 1. The Hall–Kier alpha value is -0.630. The lowest BCUT2D eigenvalue weighted by atomic mass is 9.99. The van der Waals surface area contributed by atoms with E-state index in [0.717, 1.165) is 25.7 Å². The smallest absolute Gasteiger partial charge is 0.257 e. The van der Waals surface area contributed by atoms with Gasteiger partial charge in [-0.2, -0.15) is 0 Å². The maximum atomic E-state index is 12.0. The molecular formula is C10H19ClN4O2S. The first-order chi connectivity index (χ1) is 8.13. The highest BCUT2D eigenvalue weighted by molar-refractivity contribution is 7.89. The van der Waals surface area contributed by atoms with Crippen molar-refractivity contribution < 1.29 is 8.42 Å². The Labute approximate surface area is 113 Å². The molecule has 2 rings (SSSR count). The summed E-state index contributed by atoms with van der Waals surface area (Å²) in [6.07, 6.45) is 7.06. The van der Waals surface area contributed by atoms with Crippen LogP contribution in [-0.2, 0) is 10.0 Å². The minimum Gasteiger partial charge on any atom is -0.335 e. The zero-order chi connectivity index (χ0) is 12.3. The summed E-state index contributed by atoms with van der Waals surface area (Å²) in [6.45, 7) is 0.331. The second-order valence-electron chi connectivity index (χ2n) is 4.42. The summed E-state index contributed by atoms with van der Waals surface area (Å²) in [4.78, 5) is 6.31. The van der Waals surface area contributed by atoms with Gasteiger partial charge < -0.3 is 10.7 Å². The van der Waals surface area contributed by atoms with E-state index < -0.39 is 10.0 Å². The van der Waals surface area contributed by atoms with Crippen LogP contribution in [0.5, 0.6) is 0 Å². The topological polar surface area (TPSA) is 101 Å². The molecule has 1 unspecified atom stereocenters. The Morgan fingerprint density at radius 2 is 2.17 bits per heavy atom. The van der Waals surface area contributed by atoms with Crippen LogP contribution >= 0.6 is 12.4 Å². The fourth-order valence-corrected chi connectivity index (χ4v) is 3.57. The van der Waals surface area contributed by atoms with Gasteiger partial charge in [0, 0.05) is 12.6 Å². The number of hydrogen-bond acceptors (Lipinski definition) is 4. The minimum absolute atomic E-state index is 0. The molecule has 1 fully saturated rings. The number of hydrogen-bond donors (Lipinski definition) is 3. The Morgan fingerprint density at radius 3 is 2.67 bits per heavy atom. The minimum atomic E-state index is -3.51. The zero-order valence-electron chi connectivity index (χ0n) is 10.0. The molecule has 0 saturated heterocycles. The molecule has 1 aliphatic carbocycles. The van der Waals surface area contributed by atoms with Crippen molar-refractivity contribution in [2.75, 3.05) is 6.54 Å². The summed E-state index contributed by atoms with van der Waals surface area (Å²) in [5, 5.41) is 0.0916. The number of aromatic nitrogens is 2. The molecule has 6 nitrogen and oxygen atoms in total. The van der Waals surface area contributed by atoms with Crippen molar-refractivity contribution in [3.8, 4) is 0 Å². The van der Waals surface area contributed by atoms with E-state index in [1.165, 1.54) is 12.5 Å². The van der Waals surface area contributed by atoms with Crippen molar-refractivity contribution in [1.82, 2.24) is 14.7 Å². The van der Waals surface area contributed by atoms with Gasteiger partial charge in [0.2, 0.25) is 0 Å². The van der Waals surface area contributed by atoms with Crippen LogP contribution in [0.15, 0.2) is 17.6 Å². The molecule has 0 aromatic carbocycles. The number of imidazole rings is 1. The predicted octanol–water partition coefficient (Wildman–Crippen LogP) is 0.627. The molecule has 4 N–H and O–H groups in total. The average Bonchev–Trinajstić information content (AvgIpc) is 2.97. The van der Waals surface area contributed by atoms with Gasteiger partial charge in [0.05, 0.1) is 12.5 Å². The van der Waals surface area contributed by atoms with Crippen LogP contribution < -0.4 is 10.5 Å². The third-order valence-electron chi connectivity index (χ3n) is 3.29. The Kier molecular flexibility index (Phi) is 5.58. The molecular weight excluding hydrogens is 276 g/mol. The highest BCUT2D eigenvalue weighted by Crippen LogP contribution is 2.28. The molecule has 8 heteroatoms. The number of nitrogens with one attached hydrogen (secondary N) is 2. The van der Waals surface area contributed by atoms with Gasteiger partial charge in [0.1, 0.15) is 0 Å². The van der Waals surface area contributed by atoms with Crippen molar-refractivity contribution in [2.45, 2.75) is 36.8 Å². The molecule has 0 amide bonds. The maximum absolute atomic E-state index is 12.0. The first kappa shape index (κ1) is 15.4. The predicted molar refractivity (Wildman–Crippen MR) is 71.0 cm³/mol. The van der Waals surface area contributed by atoms with E-state index in [9.17, 15) is 8.42 Å². The third kappa shape index (κ3) is 3.44. The lowest BCUT2D eigenvalue weighted by molar-refractivity contribution is 0.405. The van der Waals surface area contributed by atoms with Crippen LogP contribution in [0.1, 0.15) is 25.7 Å². The lowest BCUT2D eigenvalue weighted by Gasteiger charge is -2.22. The van der Waals surface area contributed by atoms with Crippen molar-refractivity contribution in [3.63, 3.8) is 0 Å². The molecule has 18 heavy (non-hydrogen) atoms. The summed E-state index contributed by atoms with van der Waals surface area (Å²) in [7, 11) is -3.51. The normalized spacial score (nSPS) is 18.5. The van der Waals surface area contributed by atoms with E-state index in [4.69, 9.17) is 5.73 Å². The molecule has 0 bridgehead atoms. The van der Waals surface area contributed by atoms with Crippen LogP contribution in [-0.4, -0.2) is 31.0 Å². The Balaban J connectivity index is 0.00000162. The first-order valence-corrected chi connectivity index (χ1v) is 7.32. The monoisotopic (exact) mass is 294 g/mol. The Bertz CT molecular complexity index is 442. The first-order valence-electron chi connectivity index (χ1n) is 5.84. The second-order valence-corrected chi connectivity index (χ2v) is 6.11. The molecule has 0 aliphatic heterocycles. The van der Waals surface area contributed by atoms with E-state index in [1.807, 2.05) is 0 Å². The number of aromatic amines is 1. The summed E-state index contributed by atoms with van der Waals surface area (Å²) >= 11 is 0. The molecule has 1 aromatic rings. The molecule has 0 radical (unpaired) electrons. The quantitative estimate of drug-likeness (QED) is 0.741. The second kappa shape index (κ2) is 6.51. The van der Waals surface area contributed by atoms with Crippen LogP contribution in [0.2, 0.25) is 0 Å². The molecule has 1 aromatic heterocycles. The number of rotatable bonds is 5. The molecule has 1 heterocycles. The van der Waals surface area contributed by atoms with E-state index in [0.29, 0.717) is 12.5 Å². The van der Waals surface area contributed by atoms with Gasteiger partial charge in [-0.3, -0.25) is 0 Å². The molecule has 1 saturated carbocycles. The number of sulfonamides is 1. The SMILES string of the molecule is Cl.NCC(NS(=O)(=O)c1cnc[nH]1)C1CCCC1. The van der Waals surface area contributed by atoms with E-state index in [2.05, 4.69) is 14.7 Å². The fraction of sp³-hybridized carbons (Fsp3) is 0.700. The van der Waals surface area contributed by atoms with Crippen LogP contribution in [0.3, 0.4) is 0 Å². The molecule has 0 spiro atoms. The van der Waals surface area contributed by atoms with Gasteiger partial charge in [0.25, 0.3) is 10.0 Å². The van der Waals surface area contributed by atoms with Gasteiger partial charge in [-0.15, -0.1) is 12.4 Å². The summed E-state index contributed by atoms with van der Waals surface area (Å²) in [5.74, 6) is 0.359. The summed E-state index contributed by atoms with van der Waals surface area (Å²) in [6, 6.07) is -0.175. The van der Waals surface area contributed by atoms with E-state index in [-0.39, 0.29) is 23.5 Å².